The molecule has 16 heavy (non-hydrogen) atoms. The van der Waals surface area contributed by atoms with Crippen molar-refractivity contribution in [1.29, 1.82) is 0 Å². The van der Waals surface area contributed by atoms with E-state index in [2.05, 4.69) is 23.2 Å². The van der Waals surface area contributed by atoms with Crippen LogP contribution in [0.3, 0.4) is 0 Å². The summed E-state index contributed by atoms with van der Waals surface area (Å²) in [5.74, 6) is 0. The Morgan fingerprint density at radius 2 is 2.00 bits per heavy atom. The lowest BCUT2D eigenvalue weighted by atomic mass is 10.2. The summed E-state index contributed by atoms with van der Waals surface area (Å²) in [4.78, 5) is 4.08. The molecule has 1 rings (SSSR count). The van der Waals surface area contributed by atoms with Crippen molar-refractivity contribution in [2.45, 2.75) is 34.1 Å². The molecule has 0 saturated heterocycles. The zero-order valence-electron chi connectivity index (χ0n) is 11.0. The summed E-state index contributed by atoms with van der Waals surface area (Å²) in [5.41, 5.74) is 7.42. The molecular formula is C12H24N2OS. The van der Waals surface area contributed by atoms with E-state index >= 15 is 0 Å². The molecule has 0 aliphatic carbocycles. The third-order valence-corrected chi connectivity index (χ3v) is 2.27. The fraction of sp³-hybridized carbons (Fsp3) is 0.583. The van der Waals surface area contributed by atoms with Crippen molar-refractivity contribution >= 4 is 22.0 Å². The Bertz CT molecular complexity index is 270. The molecule has 0 radical (unpaired) electrons. The van der Waals surface area contributed by atoms with Crippen molar-refractivity contribution < 1.29 is 4.74 Å². The van der Waals surface area contributed by atoms with Crippen LogP contribution in [0.2, 0.25) is 0 Å². The van der Waals surface area contributed by atoms with Gasteiger partial charge in [-0.3, -0.25) is 0 Å². The van der Waals surface area contributed by atoms with Gasteiger partial charge in [-0.1, -0.05) is 27.4 Å². The third-order valence-electron chi connectivity index (χ3n) is 1.60. The summed E-state index contributed by atoms with van der Waals surface area (Å²) < 4.78 is 4.54. The first-order valence-corrected chi connectivity index (χ1v) is 6.41. The number of nitrogen functional groups attached to an aromatic ring is 1. The summed E-state index contributed by atoms with van der Waals surface area (Å²) >= 11 is 1.45. The number of thiazole rings is 1. The highest BCUT2D eigenvalue weighted by atomic mass is 32.1. The summed E-state index contributed by atoms with van der Waals surface area (Å²) in [6.45, 7) is 12.7. The first kappa shape index (κ1) is 17.5. The number of nitrogens with zero attached hydrogens (tertiary/aromatic N) is 1. The van der Waals surface area contributed by atoms with Crippen LogP contribution < -0.4 is 5.73 Å². The maximum atomic E-state index is 5.44. The molecule has 0 spiro atoms. The zero-order chi connectivity index (χ0) is 13.0. The molecule has 0 aliphatic heterocycles. The van der Waals surface area contributed by atoms with E-state index in [1.807, 2.05) is 26.2 Å². The van der Waals surface area contributed by atoms with Crippen molar-refractivity contribution in [2.75, 3.05) is 19.5 Å². The molecular weight excluding hydrogens is 220 g/mol. The Hall–Kier alpha value is -0.870. The predicted molar refractivity (Wildman–Crippen MR) is 74.7 cm³/mol. The number of methoxy groups -OCH3 is 1. The van der Waals surface area contributed by atoms with Crippen LogP contribution in [-0.2, 0) is 4.74 Å². The van der Waals surface area contributed by atoms with Gasteiger partial charge in [0.2, 0.25) is 0 Å². The number of anilines is 1. The Morgan fingerprint density at radius 3 is 2.25 bits per heavy atom. The highest BCUT2D eigenvalue weighted by molar-refractivity contribution is 7.13. The molecule has 94 valence electrons. The van der Waals surface area contributed by atoms with Crippen LogP contribution in [0.5, 0.6) is 0 Å². The van der Waals surface area contributed by atoms with Gasteiger partial charge >= 0.3 is 0 Å². The fourth-order valence-corrected chi connectivity index (χ4v) is 1.23. The smallest absolute Gasteiger partial charge is 0.180 e. The molecule has 0 bridgehead atoms. The second kappa shape index (κ2) is 12.2. The lowest BCUT2D eigenvalue weighted by molar-refractivity contribution is 0.215. The minimum Gasteiger partial charge on any atom is -0.385 e. The maximum absolute atomic E-state index is 5.44. The van der Waals surface area contributed by atoms with E-state index in [1.54, 1.807) is 7.11 Å². The van der Waals surface area contributed by atoms with Crippen LogP contribution in [-0.4, -0.2) is 18.7 Å². The summed E-state index contributed by atoms with van der Waals surface area (Å²) in [6.07, 6.45) is 0.934. The van der Waals surface area contributed by atoms with Gasteiger partial charge in [-0.15, -0.1) is 11.3 Å². The van der Waals surface area contributed by atoms with Crippen molar-refractivity contribution in [3.63, 3.8) is 0 Å². The fourth-order valence-electron chi connectivity index (χ4n) is 0.631. The SMILES string of the molecule is C=C(CC)c1csc(N)n1.CC.CCOC. The number of hydrogen-bond donors (Lipinski definition) is 1. The van der Waals surface area contributed by atoms with Crippen LogP contribution in [0, 0.1) is 0 Å². The molecule has 3 nitrogen and oxygen atoms in total. The van der Waals surface area contributed by atoms with Gasteiger partial charge in [0.25, 0.3) is 0 Å². The number of aromatic nitrogens is 1. The van der Waals surface area contributed by atoms with Crippen LogP contribution in [0.1, 0.15) is 39.8 Å². The van der Waals surface area contributed by atoms with E-state index in [0.29, 0.717) is 5.13 Å². The molecule has 1 aromatic heterocycles. The van der Waals surface area contributed by atoms with Gasteiger partial charge in [-0.25, -0.2) is 4.98 Å². The average Bonchev–Trinajstić information content (AvgIpc) is 2.78. The van der Waals surface area contributed by atoms with Gasteiger partial charge in [0.05, 0.1) is 5.69 Å². The van der Waals surface area contributed by atoms with Crippen molar-refractivity contribution in [3.8, 4) is 0 Å². The standard InChI is InChI=1S/C7H10N2S.C3H8O.C2H6/c1-3-5(2)6-4-10-7(8)9-6;1-3-4-2;1-2/h4H,2-3H2,1H3,(H2,8,9);3H2,1-2H3;1-2H3. The number of ether oxygens (including phenoxy) is 1. The molecule has 0 aromatic carbocycles. The topological polar surface area (TPSA) is 48.1 Å². The predicted octanol–water partition coefficient (Wildman–Crippen LogP) is 3.83. The maximum Gasteiger partial charge on any atom is 0.180 e. The number of allylic oxidation sites excluding steroid dienone is 1. The van der Waals surface area contributed by atoms with Gasteiger partial charge in [0.15, 0.2) is 5.13 Å². The van der Waals surface area contributed by atoms with E-state index in [-0.39, 0.29) is 0 Å². The Balaban J connectivity index is 0. The van der Waals surface area contributed by atoms with Crippen LogP contribution in [0.15, 0.2) is 12.0 Å². The number of nitrogens with two attached hydrogens (primary N) is 1. The number of hydrogen-bond acceptors (Lipinski definition) is 4. The minimum absolute atomic E-state index is 0.615. The molecule has 4 heteroatoms. The third kappa shape index (κ3) is 8.44. The van der Waals surface area contributed by atoms with Gasteiger partial charge < -0.3 is 10.5 Å². The molecule has 1 heterocycles. The summed E-state index contributed by atoms with van der Waals surface area (Å²) in [5, 5.41) is 2.55. The van der Waals surface area contributed by atoms with E-state index in [0.717, 1.165) is 24.3 Å². The monoisotopic (exact) mass is 244 g/mol. The largest absolute Gasteiger partial charge is 0.385 e. The molecule has 0 saturated carbocycles. The lowest BCUT2D eigenvalue weighted by Crippen LogP contribution is -1.84. The van der Waals surface area contributed by atoms with Gasteiger partial charge in [-0.05, 0) is 18.9 Å². The quantitative estimate of drug-likeness (QED) is 0.879. The molecule has 0 amide bonds. The molecule has 0 atom stereocenters. The highest BCUT2D eigenvalue weighted by Gasteiger charge is 1.99. The van der Waals surface area contributed by atoms with Crippen LogP contribution in [0.25, 0.3) is 5.57 Å². The van der Waals surface area contributed by atoms with Crippen molar-refractivity contribution in [1.82, 2.24) is 4.98 Å². The van der Waals surface area contributed by atoms with Crippen molar-refractivity contribution in [2.24, 2.45) is 0 Å². The van der Waals surface area contributed by atoms with E-state index in [9.17, 15) is 0 Å². The lowest BCUT2D eigenvalue weighted by Gasteiger charge is -1.92. The van der Waals surface area contributed by atoms with Crippen LogP contribution >= 0.6 is 11.3 Å². The molecule has 0 aliphatic rings. The van der Waals surface area contributed by atoms with Gasteiger partial charge in [-0.2, -0.15) is 0 Å². The first-order chi connectivity index (χ1) is 7.65. The Labute approximate surface area is 103 Å². The zero-order valence-corrected chi connectivity index (χ0v) is 11.9. The molecule has 0 unspecified atom stereocenters. The van der Waals surface area contributed by atoms with E-state index in [1.165, 1.54) is 11.3 Å². The summed E-state index contributed by atoms with van der Waals surface area (Å²) in [6, 6.07) is 0. The number of rotatable bonds is 3. The highest BCUT2D eigenvalue weighted by Crippen LogP contribution is 2.19. The molecule has 1 aromatic rings. The van der Waals surface area contributed by atoms with E-state index < -0.39 is 0 Å². The second-order valence-corrected chi connectivity index (χ2v) is 3.50. The van der Waals surface area contributed by atoms with E-state index in [4.69, 9.17) is 5.73 Å². The van der Waals surface area contributed by atoms with Crippen molar-refractivity contribution in [3.05, 3.63) is 17.7 Å². The molecule has 0 fully saturated rings. The average molecular weight is 244 g/mol. The van der Waals surface area contributed by atoms with Gasteiger partial charge in [0, 0.05) is 19.1 Å². The second-order valence-electron chi connectivity index (χ2n) is 2.61. The minimum atomic E-state index is 0.615. The normalized spacial score (nSPS) is 8.31. The van der Waals surface area contributed by atoms with Crippen LogP contribution in [0.4, 0.5) is 5.13 Å². The first-order valence-electron chi connectivity index (χ1n) is 5.53. The summed E-state index contributed by atoms with van der Waals surface area (Å²) in [7, 11) is 1.68. The van der Waals surface area contributed by atoms with Gasteiger partial charge in [0.1, 0.15) is 0 Å². The Morgan fingerprint density at radius 1 is 1.50 bits per heavy atom. The Kier molecular flexibility index (Phi) is 13.4. The molecule has 2 N–H and O–H groups in total.